The Balaban J connectivity index is 2.44. The number of benzene rings is 2. The molecular weight excluding hydrogens is 489 g/mol. The highest BCUT2D eigenvalue weighted by molar-refractivity contribution is 7.92. The van der Waals surface area contributed by atoms with E-state index in [9.17, 15) is 18.0 Å². The van der Waals surface area contributed by atoms with E-state index in [-0.39, 0.29) is 28.2 Å². The lowest BCUT2D eigenvalue weighted by molar-refractivity contribution is -0.140. The fraction of sp³-hybridized carbons (Fsp3) is 0.364. The minimum absolute atomic E-state index is 0.0999. The molecule has 0 aromatic heterocycles. The first-order valence-electron chi connectivity index (χ1n) is 10.1. The number of nitrogens with one attached hydrogen (secondary N) is 1. The van der Waals surface area contributed by atoms with Gasteiger partial charge in [-0.2, -0.15) is 0 Å². The first kappa shape index (κ1) is 26.8. The molecule has 0 unspecified atom stereocenters. The lowest BCUT2D eigenvalue weighted by atomic mass is 10.1. The molecule has 0 aliphatic heterocycles. The highest BCUT2D eigenvalue weighted by Crippen LogP contribution is 2.27. The number of ether oxygens (including phenoxy) is 1. The van der Waals surface area contributed by atoms with Gasteiger partial charge in [0.15, 0.2) is 0 Å². The monoisotopic (exact) mass is 515 g/mol. The predicted octanol–water partition coefficient (Wildman–Crippen LogP) is 3.32. The molecule has 0 fully saturated rings. The van der Waals surface area contributed by atoms with Crippen molar-refractivity contribution >= 4 is 50.7 Å². The summed E-state index contributed by atoms with van der Waals surface area (Å²) in [6.45, 7) is 1.35. The average molecular weight is 516 g/mol. The van der Waals surface area contributed by atoms with Gasteiger partial charge >= 0.3 is 0 Å². The number of hydrogen-bond donors (Lipinski definition) is 1. The van der Waals surface area contributed by atoms with Crippen molar-refractivity contribution in [2.75, 3.05) is 31.3 Å². The van der Waals surface area contributed by atoms with Crippen molar-refractivity contribution in [3.63, 3.8) is 0 Å². The Kier molecular flexibility index (Phi) is 9.39. The number of rotatable bonds is 10. The molecule has 0 heterocycles. The van der Waals surface area contributed by atoms with Crippen molar-refractivity contribution in [3.05, 3.63) is 58.1 Å². The Morgan fingerprint density at radius 1 is 1.09 bits per heavy atom. The van der Waals surface area contributed by atoms with E-state index in [1.807, 2.05) is 0 Å². The lowest BCUT2D eigenvalue weighted by Gasteiger charge is -2.32. The standard InChI is InChI=1S/C22H27Cl2N3O5S/c1-5-20(22(29)25-2)26(13-15-6-8-19(32-3)9-7-15)21(28)14-27(33(4,30)31)18-11-16(23)10-17(24)12-18/h6-12,20H,5,13-14H2,1-4H3,(H,25,29)/t20-/m1/s1. The van der Waals surface area contributed by atoms with E-state index in [1.54, 1.807) is 38.3 Å². The van der Waals surface area contributed by atoms with Crippen LogP contribution in [0.5, 0.6) is 5.75 Å². The number of carbonyl (C=O) groups excluding carboxylic acids is 2. The average Bonchev–Trinajstić information content (AvgIpc) is 2.75. The number of halogens is 2. The summed E-state index contributed by atoms with van der Waals surface area (Å²) in [4.78, 5) is 27.3. The molecule has 0 aliphatic rings. The van der Waals surface area contributed by atoms with Gasteiger partial charge in [-0.3, -0.25) is 13.9 Å². The van der Waals surface area contributed by atoms with Crippen LogP contribution in [-0.4, -0.2) is 58.1 Å². The Morgan fingerprint density at radius 3 is 2.12 bits per heavy atom. The molecule has 2 aromatic rings. The van der Waals surface area contributed by atoms with Gasteiger partial charge in [-0.15, -0.1) is 0 Å². The normalized spacial score (nSPS) is 12.1. The molecule has 0 radical (unpaired) electrons. The molecular formula is C22H27Cl2N3O5S. The molecule has 11 heteroatoms. The molecule has 0 aliphatic carbocycles. The number of nitrogens with zero attached hydrogens (tertiary/aromatic N) is 2. The Hall–Kier alpha value is -2.49. The largest absolute Gasteiger partial charge is 0.497 e. The van der Waals surface area contributed by atoms with E-state index in [2.05, 4.69) is 5.32 Å². The van der Waals surface area contributed by atoms with Gasteiger partial charge in [0.25, 0.3) is 0 Å². The zero-order chi connectivity index (χ0) is 24.8. The number of hydrogen-bond acceptors (Lipinski definition) is 5. The van der Waals surface area contributed by atoms with E-state index in [0.29, 0.717) is 12.2 Å². The molecule has 180 valence electrons. The van der Waals surface area contributed by atoms with Crippen molar-refractivity contribution in [3.8, 4) is 5.75 Å². The molecule has 0 bridgehead atoms. The molecule has 0 spiro atoms. The van der Waals surface area contributed by atoms with Gasteiger partial charge in [0.05, 0.1) is 19.1 Å². The van der Waals surface area contributed by atoms with Crippen molar-refractivity contribution in [1.29, 1.82) is 0 Å². The number of methoxy groups -OCH3 is 1. The van der Waals surface area contributed by atoms with Gasteiger partial charge in [0.1, 0.15) is 18.3 Å². The van der Waals surface area contributed by atoms with Crippen LogP contribution in [-0.2, 0) is 26.2 Å². The van der Waals surface area contributed by atoms with Gasteiger partial charge in [0, 0.05) is 23.6 Å². The van der Waals surface area contributed by atoms with Crippen LogP contribution in [0, 0.1) is 0 Å². The highest BCUT2D eigenvalue weighted by Gasteiger charge is 2.31. The predicted molar refractivity (Wildman–Crippen MR) is 130 cm³/mol. The summed E-state index contributed by atoms with van der Waals surface area (Å²) < 4.78 is 31.2. The fourth-order valence-electron chi connectivity index (χ4n) is 3.31. The van der Waals surface area contributed by atoms with Gasteiger partial charge in [-0.25, -0.2) is 8.42 Å². The number of sulfonamides is 1. The molecule has 8 nitrogen and oxygen atoms in total. The first-order chi connectivity index (χ1) is 15.5. The minimum atomic E-state index is -3.87. The summed E-state index contributed by atoms with van der Waals surface area (Å²) in [5, 5.41) is 3.02. The quantitative estimate of drug-likeness (QED) is 0.523. The smallest absolute Gasteiger partial charge is 0.244 e. The van der Waals surface area contributed by atoms with Gasteiger partial charge in [0.2, 0.25) is 21.8 Å². The van der Waals surface area contributed by atoms with Crippen LogP contribution >= 0.6 is 23.2 Å². The third-order valence-corrected chi connectivity index (χ3v) is 6.54. The van der Waals surface area contributed by atoms with Crippen molar-refractivity contribution < 1.29 is 22.7 Å². The Labute approximate surface area is 204 Å². The van der Waals surface area contributed by atoms with Crippen molar-refractivity contribution in [2.24, 2.45) is 0 Å². The number of carbonyl (C=O) groups is 2. The van der Waals surface area contributed by atoms with Gasteiger partial charge < -0.3 is 15.0 Å². The number of likely N-dealkylation sites (N-methyl/N-ethyl adjacent to an activating group) is 1. The molecule has 2 rings (SSSR count). The van der Waals surface area contributed by atoms with E-state index in [1.165, 1.54) is 30.1 Å². The lowest BCUT2D eigenvalue weighted by Crippen LogP contribution is -2.51. The Morgan fingerprint density at radius 2 is 1.67 bits per heavy atom. The molecule has 33 heavy (non-hydrogen) atoms. The Bertz CT molecular complexity index is 1070. The summed E-state index contributed by atoms with van der Waals surface area (Å²) in [6, 6.07) is 10.5. The van der Waals surface area contributed by atoms with E-state index < -0.39 is 28.5 Å². The minimum Gasteiger partial charge on any atom is -0.497 e. The zero-order valence-corrected chi connectivity index (χ0v) is 21.2. The molecule has 1 N–H and O–H groups in total. The maximum absolute atomic E-state index is 13.4. The van der Waals surface area contributed by atoms with Crippen LogP contribution in [0.25, 0.3) is 0 Å². The van der Waals surface area contributed by atoms with Crippen molar-refractivity contribution in [2.45, 2.75) is 25.9 Å². The summed E-state index contributed by atoms with van der Waals surface area (Å²) >= 11 is 12.1. The second-order valence-electron chi connectivity index (χ2n) is 7.31. The zero-order valence-electron chi connectivity index (χ0n) is 18.8. The van der Waals surface area contributed by atoms with Crippen LogP contribution in [0.4, 0.5) is 5.69 Å². The second-order valence-corrected chi connectivity index (χ2v) is 10.1. The summed E-state index contributed by atoms with van der Waals surface area (Å²) in [5.41, 5.74) is 0.906. The topological polar surface area (TPSA) is 96.0 Å². The van der Waals surface area contributed by atoms with Crippen LogP contribution in [0.1, 0.15) is 18.9 Å². The highest BCUT2D eigenvalue weighted by atomic mass is 35.5. The van der Waals surface area contributed by atoms with Crippen LogP contribution in [0.15, 0.2) is 42.5 Å². The van der Waals surface area contributed by atoms with E-state index >= 15 is 0 Å². The fourth-order valence-corrected chi connectivity index (χ4v) is 4.66. The summed E-state index contributed by atoms with van der Waals surface area (Å²) in [7, 11) is -0.838. The van der Waals surface area contributed by atoms with Crippen LogP contribution in [0.3, 0.4) is 0 Å². The third kappa shape index (κ3) is 7.25. The van der Waals surface area contributed by atoms with Gasteiger partial charge in [-0.05, 0) is 42.3 Å². The summed E-state index contributed by atoms with van der Waals surface area (Å²) in [6.07, 6.45) is 1.32. The molecule has 0 saturated heterocycles. The van der Waals surface area contributed by atoms with E-state index in [4.69, 9.17) is 27.9 Å². The van der Waals surface area contributed by atoms with Crippen molar-refractivity contribution in [1.82, 2.24) is 10.2 Å². The van der Waals surface area contributed by atoms with Gasteiger partial charge in [-0.1, -0.05) is 42.3 Å². The maximum Gasteiger partial charge on any atom is 0.244 e. The number of anilines is 1. The first-order valence-corrected chi connectivity index (χ1v) is 12.7. The van der Waals surface area contributed by atoms with Crippen LogP contribution < -0.4 is 14.4 Å². The second kappa shape index (κ2) is 11.6. The molecule has 0 saturated carbocycles. The van der Waals surface area contributed by atoms with Crippen LogP contribution in [0.2, 0.25) is 10.0 Å². The van der Waals surface area contributed by atoms with E-state index in [0.717, 1.165) is 16.1 Å². The molecule has 1 atom stereocenters. The number of amides is 2. The molecule has 2 aromatic carbocycles. The SMILES string of the molecule is CC[C@H](C(=O)NC)N(Cc1ccc(OC)cc1)C(=O)CN(c1cc(Cl)cc(Cl)c1)S(C)(=O)=O. The maximum atomic E-state index is 13.4. The third-order valence-electron chi connectivity index (χ3n) is 4.96. The molecule has 2 amide bonds. The summed E-state index contributed by atoms with van der Waals surface area (Å²) in [5.74, 6) is -0.255.